The molecule has 0 aromatic carbocycles. The van der Waals surface area contributed by atoms with E-state index < -0.39 is 5.97 Å². The molecule has 0 atom stereocenters. The molecule has 2 rings (SSSR count). The molecule has 0 aliphatic carbocycles. The second-order valence-electron chi connectivity index (χ2n) is 3.09. The number of carboxylic acids is 1. The van der Waals surface area contributed by atoms with Crippen molar-refractivity contribution in [2.45, 2.75) is 13.1 Å². The zero-order valence-corrected chi connectivity index (χ0v) is 9.70. The van der Waals surface area contributed by atoms with Crippen molar-refractivity contribution in [2.75, 3.05) is 0 Å². The van der Waals surface area contributed by atoms with Crippen LogP contribution in [0.2, 0.25) is 0 Å². The van der Waals surface area contributed by atoms with Gasteiger partial charge in [-0.3, -0.25) is 4.68 Å². The average Bonchev–Trinajstić information content (AvgIpc) is 2.83. The molecule has 0 fully saturated rings. The van der Waals surface area contributed by atoms with Crippen molar-refractivity contribution in [3.8, 4) is 0 Å². The van der Waals surface area contributed by atoms with Crippen LogP contribution in [0.3, 0.4) is 0 Å². The molecule has 2 aromatic heterocycles. The van der Waals surface area contributed by atoms with E-state index in [1.54, 1.807) is 10.9 Å². The molecule has 0 unspecified atom stereocenters. The molecule has 0 spiro atoms. The van der Waals surface area contributed by atoms with E-state index in [1.165, 1.54) is 10.9 Å². The normalized spacial score (nSPS) is 10.6. The van der Waals surface area contributed by atoms with Gasteiger partial charge in [0.25, 0.3) is 0 Å². The lowest BCUT2D eigenvalue weighted by molar-refractivity contribution is 0.0690. The van der Waals surface area contributed by atoms with Crippen molar-refractivity contribution in [1.29, 1.82) is 0 Å². The molecule has 0 aliphatic rings. The predicted octanol–water partition coefficient (Wildman–Crippen LogP) is 0.636. The molecule has 8 heteroatoms. The highest BCUT2D eigenvalue weighted by atomic mass is 79.9. The van der Waals surface area contributed by atoms with Crippen LogP contribution in [0.4, 0.5) is 0 Å². The highest BCUT2D eigenvalue weighted by Crippen LogP contribution is 2.06. The zero-order valence-electron chi connectivity index (χ0n) is 8.12. The monoisotopic (exact) mass is 285 g/mol. The lowest BCUT2D eigenvalue weighted by atomic mass is 10.5. The van der Waals surface area contributed by atoms with Crippen molar-refractivity contribution >= 4 is 21.9 Å². The topological polar surface area (TPSA) is 85.8 Å². The number of nitrogens with zero attached hydrogens (tertiary/aromatic N) is 5. The third kappa shape index (κ3) is 2.45. The molecule has 7 nitrogen and oxygen atoms in total. The molecule has 0 radical (unpaired) electrons. The highest BCUT2D eigenvalue weighted by molar-refractivity contribution is 9.10. The lowest BCUT2D eigenvalue weighted by Gasteiger charge is -1.99. The molecule has 0 amide bonds. The van der Waals surface area contributed by atoms with Crippen LogP contribution in [-0.2, 0) is 13.1 Å². The Labute approximate surface area is 98.8 Å². The maximum Gasteiger partial charge on any atom is 0.358 e. The van der Waals surface area contributed by atoms with Crippen molar-refractivity contribution in [3.63, 3.8) is 0 Å². The lowest BCUT2D eigenvalue weighted by Crippen LogP contribution is -2.08. The van der Waals surface area contributed by atoms with Gasteiger partial charge in [0, 0.05) is 6.20 Å². The second-order valence-corrected chi connectivity index (χ2v) is 4.01. The molecular formula is C8H8BrN5O2. The number of aryl methyl sites for hydroxylation is 2. The second kappa shape index (κ2) is 4.44. The number of aromatic carboxylic acids is 1. The fraction of sp³-hybridized carbons (Fsp3) is 0.250. The minimum absolute atomic E-state index is 0.0540. The van der Waals surface area contributed by atoms with E-state index in [0.717, 1.165) is 4.47 Å². The van der Waals surface area contributed by atoms with Gasteiger partial charge in [-0.1, -0.05) is 5.21 Å². The molecule has 1 N–H and O–H groups in total. The highest BCUT2D eigenvalue weighted by Gasteiger charge is 2.07. The Bertz CT molecular complexity index is 506. The quantitative estimate of drug-likeness (QED) is 0.891. The first kappa shape index (κ1) is 10.8. The summed E-state index contributed by atoms with van der Waals surface area (Å²) in [6.07, 6.45) is 4.90. The largest absolute Gasteiger partial charge is 0.476 e. The maximum absolute atomic E-state index is 10.6. The summed E-state index contributed by atoms with van der Waals surface area (Å²) in [6, 6.07) is 0. The molecule has 0 aliphatic heterocycles. The van der Waals surface area contributed by atoms with E-state index in [4.69, 9.17) is 5.11 Å². The third-order valence-corrected chi connectivity index (χ3v) is 2.33. The Balaban J connectivity index is 1.97. The van der Waals surface area contributed by atoms with E-state index in [0.29, 0.717) is 13.1 Å². The molecule has 0 saturated carbocycles. The Hall–Kier alpha value is -1.70. The predicted molar refractivity (Wildman–Crippen MR) is 56.9 cm³/mol. The molecule has 0 bridgehead atoms. The van der Waals surface area contributed by atoms with Crippen LogP contribution >= 0.6 is 15.9 Å². The molecular weight excluding hydrogens is 278 g/mol. The number of carboxylic acid groups (broad SMARTS) is 1. The van der Waals surface area contributed by atoms with E-state index in [-0.39, 0.29) is 5.69 Å². The van der Waals surface area contributed by atoms with Gasteiger partial charge in [0.15, 0.2) is 5.69 Å². The summed E-state index contributed by atoms with van der Waals surface area (Å²) < 4.78 is 4.10. The van der Waals surface area contributed by atoms with Crippen LogP contribution in [0.15, 0.2) is 23.1 Å². The van der Waals surface area contributed by atoms with Crippen molar-refractivity contribution in [2.24, 2.45) is 0 Å². The van der Waals surface area contributed by atoms with Crippen LogP contribution in [0, 0.1) is 0 Å². The number of hydrogen-bond acceptors (Lipinski definition) is 4. The van der Waals surface area contributed by atoms with E-state index >= 15 is 0 Å². The summed E-state index contributed by atoms with van der Waals surface area (Å²) in [5.41, 5.74) is -0.0540. The first-order chi connectivity index (χ1) is 7.65. The van der Waals surface area contributed by atoms with Gasteiger partial charge in [-0.25, -0.2) is 9.48 Å². The summed E-state index contributed by atoms with van der Waals surface area (Å²) in [5.74, 6) is -1.08. The Morgan fingerprint density at radius 2 is 2.12 bits per heavy atom. The van der Waals surface area contributed by atoms with Crippen LogP contribution in [0.1, 0.15) is 10.5 Å². The minimum atomic E-state index is -1.08. The van der Waals surface area contributed by atoms with Crippen molar-refractivity contribution in [1.82, 2.24) is 24.8 Å². The standard InChI is InChI=1S/C8H8BrN5O2/c9-6-3-10-13(4-6)1-2-14-5-7(8(15)16)11-12-14/h3-5H,1-2H2,(H,15,16). The van der Waals surface area contributed by atoms with Gasteiger partial charge in [-0.2, -0.15) is 5.10 Å². The van der Waals surface area contributed by atoms with E-state index in [2.05, 4.69) is 31.3 Å². The average molecular weight is 286 g/mol. The number of hydrogen-bond donors (Lipinski definition) is 1. The number of halogens is 1. The fourth-order valence-corrected chi connectivity index (χ4v) is 1.50. The van der Waals surface area contributed by atoms with Gasteiger partial charge in [0.2, 0.25) is 0 Å². The maximum atomic E-state index is 10.6. The smallest absolute Gasteiger partial charge is 0.358 e. The minimum Gasteiger partial charge on any atom is -0.476 e. The summed E-state index contributed by atoms with van der Waals surface area (Å²) in [7, 11) is 0. The molecule has 0 saturated heterocycles. The van der Waals surface area contributed by atoms with Gasteiger partial charge >= 0.3 is 5.97 Å². The van der Waals surface area contributed by atoms with E-state index in [1.807, 2.05) is 6.20 Å². The summed E-state index contributed by atoms with van der Waals surface area (Å²) in [4.78, 5) is 10.6. The molecule has 16 heavy (non-hydrogen) atoms. The molecule has 2 heterocycles. The zero-order chi connectivity index (χ0) is 11.5. The summed E-state index contributed by atoms with van der Waals surface area (Å²) >= 11 is 3.29. The van der Waals surface area contributed by atoms with Crippen LogP contribution in [0.25, 0.3) is 0 Å². The van der Waals surface area contributed by atoms with Gasteiger partial charge in [0.05, 0.1) is 30.0 Å². The number of aromatic nitrogens is 5. The van der Waals surface area contributed by atoms with Crippen molar-refractivity contribution < 1.29 is 9.90 Å². The number of rotatable bonds is 4. The van der Waals surface area contributed by atoms with Gasteiger partial charge < -0.3 is 5.11 Å². The van der Waals surface area contributed by atoms with Gasteiger partial charge in [-0.15, -0.1) is 5.10 Å². The van der Waals surface area contributed by atoms with Crippen LogP contribution < -0.4 is 0 Å². The molecule has 2 aromatic rings. The third-order valence-electron chi connectivity index (χ3n) is 1.92. The summed E-state index contributed by atoms with van der Waals surface area (Å²) in [6.45, 7) is 1.13. The Kier molecular flexibility index (Phi) is 3.00. The first-order valence-electron chi connectivity index (χ1n) is 4.46. The van der Waals surface area contributed by atoms with Gasteiger partial charge in [-0.05, 0) is 15.9 Å². The molecule has 84 valence electrons. The SMILES string of the molecule is O=C(O)c1cn(CCn2cc(Br)cn2)nn1. The number of carbonyl (C=O) groups is 1. The van der Waals surface area contributed by atoms with Crippen molar-refractivity contribution in [3.05, 3.63) is 28.8 Å². The van der Waals surface area contributed by atoms with Gasteiger partial charge in [0.1, 0.15) is 0 Å². The Morgan fingerprint density at radius 3 is 2.69 bits per heavy atom. The first-order valence-corrected chi connectivity index (χ1v) is 5.26. The summed E-state index contributed by atoms with van der Waals surface area (Å²) in [5, 5.41) is 19.9. The fourth-order valence-electron chi connectivity index (χ4n) is 1.17. The van der Waals surface area contributed by atoms with E-state index in [9.17, 15) is 4.79 Å². The van der Waals surface area contributed by atoms with Crippen LogP contribution in [0.5, 0.6) is 0 Å². The van der Waals surface area contributed by atoms with Crippen LogP contribution in [-0.4, -0.2) is 35.9 Å². The Morgan fingerprint density at radius 1 is 1.38 bits per heavy atom.